The van der Waals surface area contributed by atoms with E-state index in [1.807, 2.05) is 0 Å². The summed E-state index contributed by atoms with van der Waals surface area (Å²) in [5, 5.41) is 0. The average Bonchev–Trinajstić information content (AvgIpc) is 2.16. The van der Waals surface area contributed by atoms with Crippen LogP contribution < -0.4 is 4.74 Å². The lowest BCUT2D eigenvalue weighted by molar-refractivity contribution is 0.307. The lowest BCUT2D eigenvalue weighted by Gasteiger charge is -2.07. The first-order valence-corrected chi connectivity index (χ1v) is 5.37. The van der Waals surface area contributed by atoms with E-state index in [9.17, 15) is 0 Å². The van der Waals surface area contributed by atoms with E-state index in [4.69, 9.17) is 11.2 Å². The zero-order valence-corrected chi connectivity index (χ0v) is 9.55. The highest BCUT2D eigenvalue weighted by Gasteiger charge is 1.96. The van der Waals surface area contributed by atoms with E-state index in [1.165, 1.54) is 11.1 Å². The summed E-state index contributed by atoms with van der Waals surface area (Å²) in [5.74, 6) is 3.59. The number of benzene rings is 1. The quantitative estimate of drug-likeness (QED) is 0.524. The minimum Gasteiger partial charge on any atom is -0.494 e. The highest BCUT2D eigenvalue weighted by atomic mass is 16.5. The van der Waals surface area contributed by atoms with Gasteiger partial charge in [-0.15, -0.1) is 12.3 Å². The molecule has 0 radical (unpaired) electrons. The molecular formula is C14H18O. The van der Waals surface area contributed by atoms with Gasteiger partial charge in [-0.2, -0.15) is 0 Å². The van der Waals surface area contributed by atoms with Crippen LogP contribution in [0.15, 0.2) is 18.2 Å². The van der Waals surface area contributed by atoms with Crippen LogP contribution >= 0.6 is 0 Å². The summed E-state index contributed by atoms with van der Waals surface area (Å²) < 4.78 is 5.65. The molecule has 1 aromatic rings. The first-order chi connectivity index (χ1) is 7.22. The minimum absolute atomic E-state index is 0.755. The maximum Gasteiger partial charge on any atom is 0.119 e. The van der Waals surface area contributed by atoms with Gasteiger partial charge in [-0.1, -0.05) is 6.07 Å². The van der Waals surface area contributed by atoms with E-state index in [2.05, 4.69) is 38.0 Å². The smallest absolute Gasteiger partial charge is 0.119 e. The zero-order chi connectivity index (χ0) is 11.1. The number of terminal acetylenes is 1. The number of unbranched alkanes of at least 4 members (excludes halogenated alkanes) is 2. The summed E-state index contributed by atoms with van der Waals surface area (Å²) in [7, 11) is 0. The molecule has 0 amide bonds. The Hall–Kier alpha value is -1.42. The topological polar surface area (TPSA) is 9.23 Å². The van der Waals surface area contributed by atoms with Crippen molar-refractivity contribution < 1.29 is 4.74 Å². The van der Waals surface area contributed by atoms with Crippen LogP contribution in [0.5, 0.6) is 5.75 Å². The standard InChI is InChI=1S/C14H18O/c1-4-5-6-7-8-15-14-10-12(2)9-13(3)11-14/h1,9-11H,5-8H2,2-3H3. The van der Waals surface area contributed by atoms with Gasteiger partial charge in [0.15, 0.2) is 0 Å². The van der Waals surface area contributed by atoms with Crippen molar-refractivity contribution in [3.63, 3.8) is 0 Å². The van der Waals surface area contributed by atoms with Crippen molar-refractivity contribution in [1.82, 2.24) is 0 Å². The van der Waals surface area contributed by atoms with Gasteiger partial charge < -0.3 is 4.74 Å². The van der Waals surface area contributed by atoms with Crippen molar-refractivity contribution in [2.75, 3.05) is 6.61 Å². The molecule has 0 aliphatic heterocycles. The van der Waals surface area contributed by atoms with Crippen LogP contribution in [0.1, 0.15) is 30.4 Å². The van der Waals surface area contributed by atoms with E-state index < -0.39 is 0 Å². The molecule has 80 valence electrons. The van der Waals surface area contributed by atoms with E-state index in [-0.39, 0.29) is 0 Å². The van der Waals surface area contributed by atoms with Crippen molar-refractivity contribution in [3.05, 3.63) is 29.3 Å². The highest BCUT2D eigenvalue weighted by Crippen LogP contribution is 2.16. The molecule has 0 saturated carbocycles. The van der Waals surface area contributed by atoms with Gasteiger partial charge in [0, 0.05) is 6.42 Å². The van der Waals surface area contributed by atoms with E-state index in [1.54, 1.807) is 0 Å². The van der Waals surface area contributed by atoms with Gasteiger partial charge in [-0.25, -0.2) is 0 Å². The van der Waals surface area contributed by atoms with Crippen molar-refractivity contribution in [1.29, 1.82) is 0 Å². The molecule has 0 N–H and O–H groups in total. The van der Waals surface area contributed by atoms with Crippen LogP contribution in [0.2, 0.25) is 0 Å². The van der Waals surface area contributed by atoms with Gasteiger partial charge in [0.2, 0.25) is 0 Å². The molecule has 0 aliphatic rings. The predicted molar refractivity (Wildman–Crippen MR) is 64.1 cm³/mol. The predicted octanol–water partition coefficient (Wildman–Crippen LogP) is 3.49. The molecule has 15 heavy (non-hydrogen) atoms. The summed E-state index contributed by atoms with van der Waals surface area (Å²) >= 11 is 0. The second kappa shape index (κ2) is 6.14. The van der Waals surface area contributed by atoms with E-state index >= 15 is 0 Å². The fourth-order valence-corrected chi connectivity index (χ4v) is 1.54. The SMILES string of the molecule is C#CCCCCOc1cc(C)cc(C)c1. The molecule has 1 heteroatoms. The third-order valence-electron chi connectivity index (χ3n) is 2.18. The maximum absolute atomic E-state index is 5.65. The first-order valence-electron chi connectivity index (χ1n) is 5.37. The van der Waals surface area contributed by atoms with Gasteiger partial charge in [-0.05, 0) is 49.9 Å². The van der Waals surface area contributed by atoms with Crippen molar-refractivity contribution in [2.45, 2.75) is 33.1 Å². The molecule has 1 aromatic carbocycles. The molecular weight excluding hydrogens is 184 g/mol. The molecule has 1 nitrogen and oxygen atoms in total. The molecule has 0 unspecified atom stereocenters. The Labute approximate surface area is 92.5 Å². The average molecular weight is 202 g/mol. The van der Waals surface area contributed by atoms with E-state index in [0.717, 1.165) is 31.6 Å². The Balaban J connectivity index is 2.34. The molecule has 0 heterocycles. The van der Waals surface area contributed by atoms with Gasteiger partial charge in [0.05, 0.1) is 6.61 Å². The molecule has 0 aliphatic carbocycles. The van der Waals surface area contributed by atoms with Crippen LogP contribution in [0, 0.1) is 26.2 Å². The number of rotatable bonds is 5. The Morgan fingerprint density at radius 1 is 1.13 bits per heavy atom. The van der Waals surface area contributed by atoms with Gasteiger partial charge in [0.25, 0.3) is 0 Å². The van der Waals surface area contributed by atoms with E-state index in [0.29, 0.717) is 0 Å². The number of ether oxygens (including phenoxy) is 1. The summed E-state index contributed by atoms with van der Waals surface area (Å²) in [6.45, 7) is 4.92. The summed E-state index contributed by atoms with van der Waals surface area (Å²) in [4.78, 5) is 0. The zero-order valence-electron chi connectivity index (χ0n) is 9.55. The molecule has 0 bridgehead atoms. The van der Waals surface area contributed by atoms with Crippen LogP contribution in [-0.4, -0.2) is 6.61 Å². The summed E-state index contributed by atoms with van der Waals surface area (Å²) in [6.07, 6.45) is 8.08. The lowest BCUT2D eigenvalue weighted by Crippen LogP contribution is -1.97. The molecule has 0 saturated heterocycles. The van der Waals surface area contributed by atoms with Crippen LogP contribution in [0.25, 0.3) is 0 Å². The van der Waals surface area contributed by atoms with Gasteiger partial charge in [0.1, 0.15) is 5.75 Å². The Morgan fingerprint density at radius 2 is 1.80 bits per heavy atom. The van der Waals surface area contributed by atoms with Crippen LogP contribution in [0.3, 0.4) is 0 Å². The Kier molecular flexibility index (Phi) is 4.77. The summed E-state index contributed by atoms with van der Waals surface area (Å²) in [5.41, 5.74) is 2.49. The monoisotopic (exact) mass is 202 g/mol. The van der Waals surface area contributed by atoms with Crippen molar-refractivity contribution >= 4 is 0 Å². The first kappa shape index (κ1) is 11.7. The molecule has 1 rings (SSSR count). The highest BCUT2D eigenvalue weighted by molar-refractivity contribution is 5.32. The van der Waals surface area contributed by atoms with Crippen molar-refractivity contribution in [2.24, 2.45) is 0 Å². The Bertz CT molecular complexity index is 327. The Morgan fingerprint density at radius 3 is 2.40 bits per heavy atom. The number of hydrogen-bond donors (Lipinski definition) is 0. The fourth-order valence-electron chi connectivity index (χ4n) is 1.54. The summed E-state index contributed by atoms with van der Waals surface area (Å²) in [6, 6.07) is 6.27. The molecule has 0 atom stereocenters. The number of aryl methyl sites for hydroxylation is 2. The number of hydrogen-bond acceptors (Lipinski definition) is 1. The van der Waals surface area contributed by atoms with Gasteiger partial charge >= 0.3 is 0 Å². The second-order valence-electron chi connectivity index (χ2n) is 3.83. The third-order valence-corrected chi connectivity index (χ3v) is 2.18. The molecule has 0 aromatic heterocycles. The fraction of sp³-hybridized carbons (Fsp3) is 0.429. The second-order valence-corrected chi connectivity index (χ2v) is 3.83. The maximum atomic E-state index is 5.65. The van der Waals surface area contributed by atoms with Crippen LogP contribution in [-0.2, 0) is 0 Å². The van der Waals surface area contributed by atoms with Crippen molar-refractivity contribution in [3.8, 4) is 18.1 Å². The lowest BCUT2D eigenvalue weighted by atomic mass is 10.1. The molecule has 0 fully saturated rings. The minimum atomic E-state index is 0.755. The normalized spacial score (nSPS) is 9.67. The largest absolute Gasteiger partial charge is 0.494 e. The molecule has 0 spiro atoms. The third kappa shape index (κ3) is 4.56. The van der Waals surface area contributed by atoms with Gasteiger partial charge in [-0.3, -0.25) is 0 Å². The van der Waals surface area contributed by atoms with Crippen LogP contribution in [0.4, 0.5) is 0 Å².